The molecule has 1 saturated carbocycles. The standard InChI is InChI=1S/C16H20O/c17-14-9-10-16-13(11-14)7-4-8-15(16)12-5-2-1-3-6-12/h4,7-8,12H,1-3,5-6,9-11H2. The van der Waals surface area contributed by atoms with Crippen molar-refractivity contribution in [3.63, 3.8) is 0 Å². The molecule has 1 fully saturated rings. The average molecular weight is 228 g/mol. The van der Waals surface area contributed by atoms with E-state index in [0.717, 1.165) is 18.8 Å². The van der Waals surface area contributed by atoms with E-state index in [1.807, 2.05) is 0 Å². The molecular weight excluding hydrogens is 208 g/mol. The third kappa shape index (κ3) is 2.15. The highest BCUT2D eigenvalue weighted by molar-refractivity contribution is 5.83. The lowest BCUT2D eigenvalue weighted by molar-refractivity contribution is -0.118. The third-order valence-electron chi connectivity index (χ3n) is 4.40. The minimum atomic E-state index is 0.415. The molecule has 1 nitrogen and oxygen atoms in total. The fraction of sp³-hybridized carbons (Fsp3) is 0.562. The summed E-state index contributed by atoms with van der Waals surface area (Å²) in [5.41, 5.74) is 4.39. The predicted molar refractivity (Wildman–Crippen MR) is 69.3 cm³/mol. The van der Waals surface area contributed by atoms with E-state index in [9.17, 15) is 4.79 Å². The molecule has 0 bridgehead atoms. The van der Waals surface area contributed by atoms with Gasteiger partial charge in [0.2, 0.25) is 0 Å². The molecule has 0 aromatic heterocycles. The van der Waals surface area contributed by atoms with Crippen molar-refractivity contribution in [2.45, 2.75) is 57.3 Å². The Kier molecular flexibility index (Phi) is 3.00. The van der Waals surface area contributed by atoms with E-state index < -0.39 is 0 Å². The first-order valence-corrected chi connectivity index (χ1v) is 6.97. The van der Waals surface area contributed by atoms with Crippen LogP contribution < -0.4 is 0 Å². The molecular formula is C16H20O. The van der Waals surface area contributed by atoms with Gasteiger partial charge >= 0.3 is 0 Å². The van der Waals surface area contributed by atoms with E-state index in [4.69, 9.17) is 0 Å². The Hall–Kier alpha value is -1.11. The van der Waals surface area contributed by atoms with Gasteiger partial charge in [-0.2, -0.15) is 0 Å². The van der Waals surface area contributed by atoms with E-state index >= 15 is 0 Å². The number of carbonyl (C=O) groups excluding carboxylic acids is 1. The van der Waals surface area contributed by atoms with Gasteiger partial charge in [0, 0.05) is 12.8 Å². The molecule has 0 heterocycles. The second kappa shape index (κ2) is 4.64. The van der Waals surface area contributed by atoms with Gasteiger partial charge in [-0.25, -0.2) is 0 Å². The molecule has 1 aromatic carbocycles. The van der Waals surface area contributed by atoms with Crippen LogP contribution in [-0.2, 0) is 17.6 Å². The molecule has 2 aliphatic rings. The molecule has 90 valence electrons. The van der Waals surface area contributed by atoms with Crippen LogP contribution in [0.4, 0.5) is 0 Å². The Labute approximate surface area is 103 Å². The lowest BCUT2D eigenvalue weighted by Gasteiger charge is -2.27. The number of carbonyl (C=O) groups is 1. The first-order chi connectivity index (χ1) is 8.34. The zero-order valence-corrected chi connectivity index (χ0v) is 10.4. The third-order valence-corrected chi connectivity index (χ3v) is 4.40. The molecule has 2 aliphatic carbocycles. The minimum Gasteiger partial charge on any atom is -0.299 e. The Bertz CT molecular complexity index is 427. The van der Waals surface area contributed by atoms with E-state index in [1.54, 1.807) is 5.56 Å². The van der Waals surface area contributed by atoms with Crippen molar-refractivity contribution >= 4 is 5.78 Å². The van der Waals surface area contributed by atoms with E-state index in [0.29, 0.717) is 12.2 Å². The van der Waals surface area contributed by atoms with Crippen LogP contribution in [0.3, 0.4) is 0 Å². The minimum absolute atomic E-state index is 0.415. The molecule has 1 heteroatoms. The Balaban J connectivity index is 1.94. The van der Waals surface area contributed by atoms with Gasteiger partial charge in [0.1, 0.15) is 5.78 Å². The fourth-order valence-corrected chi connectivity index (χ4v) is 3.49. The molecule has 0 amide bonds. The summed E-state index contributed by atoms with van der Waals surface area (Å²) in [7, 11) is 0. The van der Waals surface area contributed by atoms with Gasteiger partial charge in [-0.05, 0) is 41.9 Å². The summed E-state index contributed by atoms with van der Waals surface area (Å²) < 4.78 is 0. The number of ketones is 1. The Morgan fingerprint density at radius 1 is 1.00 bits per heavy atom. The normalized spacial score (nSPS) is 21.3. The summed E-state index contributed by atoms with van der Waals surface area (Å²) in [6.07, 6.45) is 9.30. The number of hydrogen-bond acceptors (Lipinski definition) is 1. The molecule has 0 spiro atoms. The number of hydrogen-bond donors (Lipinski definition) is 0. The van der Waals surface area contributed by atoms with Crippen LogP contribution in [0, 0.1) is 0 Å². The van der Waals surface area contributed by atoms with E-state index in [2.05, 4.69) is 18.2 Å². The van der Waals surface area contributed by atoms with Crippen molar-refractivity contribution < 1.29 is 4.79 Å². The summed E-state index contributed by atoms with van der Waals surface area (Å²) in [4.78, 5) is 11.5. The van der Waals surface area contributed by atoms with Gasteiger partial charge in [0.15, 0.2) is 0 Å². The summed E-state index contributed by atoms with van der Waals surface area (Å²) in [6, 6.07) is 6.62. The second-order valence-electron chi connectivity index (χ2n) is 5.54. The van der Waals surface area contributed by atoms with Gasteiger partial charge in [-0.15, -0.1) is 0 Å². The average Bonchev–Trinajstić information content (AvgIpc) is 2.39. The van der Waals surface area contributed by atoms with Crippen LogP contribution in [0.1, 0.15) is 61.1 Å². The van der Waals surface area contributed by atoms with E-state index in [-0.39, 0.29) is 0 Å². The summed E-state index contributed by atoms with van der Waals surface area (Å²) in [5, 5.41) is 0. The van der Waals surface area contributed by atoms with Gasteiger partial charge < -0.3 is 0 Å². The SMILES string of the molecule is O=C1CCc2c(cccc2C2CCCCC2)C1. The van der Waals surface area contributed by atoms with Gasteiger partial charge in [-0.1, -0.05) is 37.5 Å². The lowest BCUT2D eigenvalue weighted by Crippen LogP contribution is -2.17. The van der Waals surface area contributed by atoms with E-state index in [1.165, 1.54) is 43.2 Å². The van der Waals surface area contributed by atoms with Crippen LogP contribution in [0.15, 0.2) is 18.2 Å². The van der Waals surface area contributed by atoms with Crippen LogP contribution >= 0.6 is 0 Å². The highest BCUT2D eigenvalue weighted by Gasteiger charge is 2.23. The lowest BCUT2D eigenvalue weighted by atomic mass is 9.78. The van der Waals surface area contributed by atoms with Gasteiger partial charge in [-0.3, -0.25) is 4.79 Å². The molecule has 0 atom stereocenters. The second-order valence-corrected chi connectivity index (χ2v) is 5.54. The quantitative estimate of drug-likeness (QED) is 0.714. The van der Waals surface area contributed by atoms with Crippen molar-refractivity contribution in [3.05, 3.63) is 34.9 Å². The summed E-state index contributed by atoms with van der Waals surface area (Å²) in [5.74, 6) is 1.19. The van der Waals surface area contributed by atoms with Gasteiger partial charge in [0.05, 0.1) is 0 Å². The van der Waals surface area contributed by atoms with Crippen molar-refractivity contribution in [1.82, 2.24) is 0 Å². The Morgan fingerprint density at radius 3 is 2.65 bits per heavy atom. The first kappa shape index (κ1) is 11.0. The van der Waals surface area contributed by atoms with Crippen molar-refractivity contribution in [2.24, 2.45) is 0 Å². The highest BCUT2D eigenvalue weighted by Crippen LogP contribution is 2.36. The van der Waals surface area contributed by atoms with Crippen molar-refractivity contribution in [2.75, 3.05) is 0 Å². The first-order valence-electron chi connectivity index (χ1n) is 6.97. The number of Topliss-reactive ketones (excluding diaryl/α,β-unsaturated/α-hetero) is 1. The monoisotopic (exact) mass is 228 g/mol. The highest BCUT2D eigenvalue weighted by atomic mass is 16.1. The topological polar surface area (TPSA) is 17.1 Å². The van der Waals surface area contributed by atoms with Crippen LogP contribution in [0.5, 0.6) is 0 Å². The largest absolute Gasteiger partial charge is 0.299 e. The molecule has 0 saturated heterocycles. The fourth-order valence-electron chi connectivity index (χ4n) is 3.49. The number of fused-ring (bicyclic) bond motifs is 1. The molecule has 0 aliphatic heterocycles. The maximum atomic E-state index is 11.5. The van der Waals surface area contributed by atoms with Gasteiger partial charge in [0.25, 0.3) is 0 Å². The maximum absolute atomic E-state index is 11.5. The summed E-state index contributed by atoms with van der Waals surface area (Å²) >= 11 is 0. The maximum Gasteiger partial charge on any atom is 0.137 e. The molecule has 0 unspecified atom stereocenters. The van der Waals surface area contributed by atoms with Crippen molar-refractivity contribution in [1.29, 1.82) is 0 Å². The van der Waals surface area contributed by atoms with Crippen LogP contribution in [0.2, 0.25) is 0 Å². The number of rotatable bonds is 1. The van der Waals surface area contributed by atoms with Crippen molar-refractivity contribution in [3.8, 4) is 0 Å². The smallest absolute Gasteiger partial charge is 0.137 e. The molecule has 3 rings (SSSR count). The zero-order valence-electron chi connectivity index (χ0n) is 10.4. The van der Waals surface area contributed by atoms with Crippen LogP contribution in [0.25, 0.3) is 0 Å². The molecule has 0 radical (unpaired) electrons. The van der Waals surface area contributed by atoms with Crippen LogP contribution in [-0.4, -0.2) is 5.78 Å². The summed E-state index contributed by atoms with van der Waals surface area (Å²) in [6.45, 7) is 0. The Morgan fingerprint density at radius 2 is 1.82 bits per heavy atom. The number of benzene rings is 1. The molecule has 17 heavy (non-hydrogen) atoms. The zero-order chi connectivity index (χ0) is 11.7. The predicted octanol–water partition coefficient (Wildman–Crippen LogP) is 3.79. The molecule has 1 aromatic rings. The molecule has 0 N–H and O–H groups in total.